The second kappa shape index (κ2) is 8.36. The van der Waals surface area contributed by atoms with Crippen LogP contribution in [0.3, 0.4) is 0 Å². The van der Waals surface area contributed by atoms with Crippen molar-refractivity contribution >= 4 is 11.7 Å². The largest absolute Gasteiger partial charge is 0.333 e. The highest BCUT2D eigenvalue weighted by molar-refractivity contribution is 5.89. The molecule has 1 aromatic heterocycles. The molecule has 0 bridgehead atoms. The van der Waals surface area contributed by atoms with Gasteiger partial charge in [-0.05, 0) is 19.1 Å². The molecule has 2 heterocycles. The first-order valence-corrected chi connectivity index (χ1v) is 9.39. The number of anilines is 1. The molecule has 1 aliphatic rings. The number of piperazine rings is 1. The summed E-state index contributed by atoms with van der Waals surface area (Å²) in [6, 6.07) is 7.90. The van der Waals surface area contributed by atoms with Crippen molar-refractivity contribution in [2.75, 3.05) is 38.0 Å². The van der Waals surface area contributed by atoms with Crippen LogP contribution in [0.25, 0.3) is 0 Å². The standard InChI is InChI=1S/C20H29N5O/c1-16(2)19-21-8-9-24(19)13-10-23-11-14-25(15-12-23)20(26)22-18-6-4-17(3)5-7-18/h4-9,16H,10-15H2,1-3H3,(H,22,26). The van der Waals surface area contributed by atoms with Crippen LogP contribution in [0.5, 0.6) is 0 Å². The first-order chi connectivity index (χ1) is 12.5. The molecule has 1 fully saturated rings. The van der Waals surface area contributed by atoms with Gasteiger partial charge < -0.3 is 14.8 Å². The summed E-state index contributed by atoms with van der Waals surface area (Å²) in [6.45, 7) is 11.7. The number of carbonyl (C=O) groups is 1. The molecule has 1 saturated heterocycles. The number of aryl methyl sites for hydroxylation is 1. The van der Waals surface area contributed by atoms with Crippen molar-refractivity contribution in [1.29, 1.82) is 0 Å². The van der Waals surface area contributed by atoms with E-state index in [2.05, 4.69) is 39.8 Å². The minimum atomic E-state index is -0.00907. The quantitative estimate of drug-likeness (QED) is 0.896. The molecule has 26 heavy (non-hydrogen) atoms. The van der Waals surface area contributed by atoms with Gasteiger partial charge in [-0.15, -0.1) is 0 Å². The highest BCUT2D eigenvalue weighted by Gasteiger charge is 2.21. The summed E-state index contributed by atoms with van der Waals surface area (Å²) in [5.74, 6) is 1.58. The lowest BCUT2D eigenvalue weighted by atomic mass is 10.2. The molecule has 0 spiro atoms. The maximum absolute atomic E-state index is 12.4. The molecule has 0 atom stereocenters. The van der Waals surface area contributed by atoms with Crippen LogP contribution < -0.4 is 5.32 Å². The number of benzene rings is 1. The predicted molar refractivity (Wildman–Crippen MR) is 105 cm³/mol. The van der Waals surface area contributed by atoms with Gasteiger partial charge in [-0.25, -0.2) is 9.78 Å². The number of nitrogens with zero attached hydrogens (tertiary/aromatic N) is 4. The zero-order chi connectivity index (χ0) is 18.5. The number of aromatic nitrogens is 2. The summed E-state index contributed by atoms with van der Waals surface area (Å²) in [4.78, 5) is 21.2. The number of urea groups is 1. The normalized spacial score (nSPS) is 15.5. The Hall–Kier alpha value is -2.34. The third kappa shape index (κ3) is 4.64. The fraction of sp³-hybridized carbons (Fsp3) is 0.500. The van der Waals surface area contributed by atoms with Crippen LogP contribution in [0, 0.1) is 6.92 Å². The van der Waals surface area contributed by atoms with Crippen LogP contribution in [-0.2, 0) is 6.54 Å². The van der Waals surface area contributed by atoms with Crippen molar-refractivity contribution in [3.8, 4) is 0 Å². The van der Waals surface area contributed by atoms with E-state index >= 15 is 0 Å². The molecule has 6 nitrogen and oxygen atoms in total. The monoisotopic (exact) mass is 355 g/mol. The molecular weight excluding hydrogens is 326 g/mol. The molecule has 140 valence electrons. The molecule has 1 aromatic carbocycles. The molecule has 2 aromatic rings. The van der Waals surface area contributed by atoms with Crippen LogP contribution in [0.1, 0.15) is 31.2 Å². The fourth-order valence-electron chi connectivity index (χ4n) is 3.27. The first-order valence-electron chi connectivity index (χ1n) is 9.39. The minimum absolute atomic E-state index is 0.00907. The molecule has 1 aliphatic heterocycles. The minimum Gasteiger partial charge on any atom is -0.333 e. The number of imidazole rings is 1. The van der Waals surface area contributed by atoms with E-state index in [0.717, 1.165) is 50.8 Å². The molecule has 1 N–H and O–H groups in total. The zero-order valence-electron chi connectivity index (χ0n) is 16.0. The smallest absolute Gasteiger partial charge is 0.321 e. The molecule has 6 heteroatoms. The lowest BCUT2D eigenvalue weighted by molar-refractivity contribution is 0.144. The van der Waals surface area contributed by atoms with Crippen molar-refractivity contribution < 1.29 is 4.79 Å². The first kappa shape index (κ1) is 18.5. The van der Waals surface area contributed by atoms with Crippen LogP contribution in [-0.4, -0.2) is 58.1 Å². The third-order valence-corrected chi connectivity index (χ3v) is 4.88. The summed E-state index contributed by atoms with van der Waals surface area (Å²) < 4.78 is 2.24. The zero-order valence-corrected chi connectivity index (χ0v) is 16.0. The van der Waals surface area contributed by atoms with E-state index in [1.54, 1.807) is 0 Å². The van der Waals surface area contributed by atoms with Gasteiger partial charge >= 0.3 is 6.03 Å². The molecule has 3 rings (SSSR count). The van der Waals surface area contributed by atoms with Gasteiger partial charge in [0.15, 0.2) is 0 Å². The van der Waals surface area contributed by atoms with E-state index in [9.17, 15) is 4.79 Å². The Kier molecular flexibility index (Phi) is 5.93. The van der Waals surface area contributed by atoms with Gasteiger partial charge in [0.05, 0.1) is 0 Å². The van der Waals surface area contributed by atoms with E-state index in [0.29, 0.717) is 5.92 Å². The van der Waals surface area contributed by atoms with Crippen LogP contribution in [0.15, 0.2) is 36.7 Å². The molecule has 0 aliphatic carbocycles. The number of hydrogen-bond acceptors (Lipinski definition) is 3. The molecular formula is C20H29N5O. The highest BCUT2D eigenvalue weighted by Crippen LogP contribution is 2.13. The SMILES string of the molecule is Cc1ccc(NC(=O)N2CCN(CCn3ccnc3C(C)C)CC2)cc1. The van der Waals surface area contributed by atoms with Crippen LogP contribution >= 0.6 is 0 Å². The van der Waals surface area contributed by atoms with Crippen molar-refractivity contribution in [2.24, 2.45) is 0 Å². The Morgan fingerprint density at radius 2 is 1.81 bits per heavy atom. The maximum Gasteiger partial charge on any atom is 0.321 e. The van der Waals surface area contributed by atoms with Gasteiger partial charge in [-0.2, -0.15) is 0 Å². The Balaban J connectivity index is 1.44. The molecule has 0 saturated carbocycles. The second-order valence-electron chi connectivity index (χ2n) is 7.26. The van der Waals surface area contributed by atoms with Crippen molar-refractivity contribution in [1.82, 2.24) is 19.4 Å². The number of nitrogens with one attached hydrogen (secondary N) is 1. The summed E-state index contributed by atoms with van der Waals surface area (Å²) in [5.41, 5.74) is 2.04. The van der Waals surface area contributed by atoms with Crippen molar-refractivity contribution in [3.63, 3.8) is 0 Å². The molecule has 2 amide bonds. The van der Waals surface area contributed by atoms with Gasteiger partial charge in [0, 0.05) is 63.3 Å². The highest BCUT2D eigenvalue weighted by atomic mass is 16.2. The number of carbonyl (C=O) groups excluding carboxylic acids is 1. The Labute approximate surface area is 155 Å². The van der Waals surface area contributed by atoms with E-state index in [1.807, 2.05) is 42.3 Å². The van der Waals surface area contributed by atoms with Crippen LogP contribution in [0.4, 0.5) is 10.5 Å². The lowest BCUT2D eigenvalue weighted by Gasteiger charge is -2.34. The summed E-state index contributed by atoms with van der Waals surface area (Å²) >= 11 is 0. The predicted octanol–water partition coefficient (Wildman–Crippen LogP) is 3.16. The number of rotatable bonds is 5. The average Bonchev–Trinajstić information content (AvgIpc) is 3.11. The fourth-order valence-corrected chi connectivity index (χ4v) is 3.27. The topological polar surface area (TPSA) is 53.4 Å². The van der Waals surface area contributed by atoms with Gasteiger partial charge in [0.25, 0.3) is 0 Å². The maximum atomic E-state index is 12.4. The Morgan fingerprint density at radius 3 is 2.46 bits per heavy atom. The van der Waals surface area contributed by atoms with Gasteiger partial charge in [0.2, 0.25) is 0 Å². The van der Waals surface area contributed by atoms with Crippen molar-refractivity contribution in [2.45, 2.75) is 33.2 Å². The van der Waals surface area contributed by atoms with E-state index < -0.39 is 0 Å². The van der Waals surface area contributed by atoms with Crippen LogP contribution in [0.2, 0.25) is 0 Å². The van der Waals surface area contributed by atoms with Gasteiger partial charge in [-0.3, -0.25) is 4.90 Å². The molecule has 0 unspecified atom stereocenters. The van der Waals surface area contributed by atoms with E-state index in [4.69, 9.17) is 0 Å². The lowest BCUT2D eigenvalue weighted by Crippen LogP contribution is -2.50. The third-order valence-electron chi connectivity index (χ3n) is 4.88. The van der Waals surface area contributed by atoms with E-state index in [-0.39, 0.29) is 6.03 Å². The Morgan fingerprint density at radius 1 is 1.12 bits per heavy atom. The second-order valence-corrected chi connectivity index (χ2v) is 7.26. The summed E-state index contributed by atoms with van der Waals surface area (Å²) in [6.07, 6.45) is 3.93. The summed E-state index contributed by atoms with van der Waals surface area (Å²) in [5, 5.41) is 2.98. The number of amides is 2. The Bertz CT molecular complexity index is 714. The van der Waals surface area contributed by atoms with Gasteiger partial charge in [0.1, 0.15) is 5.82 Å². The van der Waals surface area contributed by atoms with Gasteiger partial charge in [-0.1, -0.05) is 31.5 Å². The average molecular weight is 355 g/mol. The van der Waals surface area contributed by atoms with E-state index in [1.165, 1.54) is 5.56 Å². The molecule has 0 radical (unpaired) electrons. The summed E-state index contributed by atoms with van der Waals surface area (Å²) in [7, 11) is 0. The number of hydrogen-bond donors (Lipinski definition) is 1. The van der Waals surface area contributed by atoms with Crippen molar-refractivity contribution in [3.05, 3.63) is 48.0 Å².